The number of nitrogens with zero attached hydrogens (tertiary/aromatic N) is 5. The zero-order valence-corrected chi connectivity index (χ0v) is 31.7. The van der Waals surface area contributed by atoms with Gasteiger partial charge < -0.3 is 5.11 Å². The third kappa shape index (κ3) is 7.39. The molecule has 2 aromatic carbocycles. The van der Waals surface area contributed by atoms with E-state index in [1.165, 1.54) is 18.5 Å². The van der Waals surface area contributed by atoms with Crippen molar-refractivity contribution in [2.45, 2.75) is 68.8 Å². The molecule has 5 aromatic rings. The Balaban J connectivity index is 1.37. The molecule has 0 aliphatic heterocycles. The van der Waals surface area contributed by atoms with Crippen LogP contribution < -0.4 is 0 Å². The fourth-order valence-electron chi connectivity index (χ4n) is 7.34. The van der Waals surface area contributed by atoms with E-state index in [2.05, 4.69) is 22.0 Å². The number of pyridine rings is 1. The maximum atomic E-state index is 14.9. The first-order valence-corrected chi connectivity index (χ1v) is 19.7. The number of aromatic nitrogens is 5. The molecule has 0 radical (unpaired) electrons. The Kier molecular flexibility index (Phi) is 9.48. The smallest absolute Gasteiger partial charge is 0.295 e. The summed E-state index contributed by atoms with van der Waals surface area (Å²) in [4.78, 5) is 18.8. The summed E-state index contributed by atoms with van der Waals surface area (Å²) in [6.45, 7) is 2.53. The number of sulfone groups is 1. The van der Waals surface area contributed by atoms with Crippen molar-refractivity contribution in [1.82, 2.24) is 24.5 Å². The maximum Gasteiger partial charge on any atom is 0.295 e. The minimum absolute atomic E-state index is 0.0286. The predicted octanol–water partition coefficient (Wildman–Crippen LogP) is 7.28. The highest BCUT2D eigenvalue weighted by Crippen LogP contribution is 2.67. The number of hydrogen-bond donors (Lipinski definition) is 1. The van der Waals surface area contributed by atoms with Crippen molar-refractivity contribution in [2.24, 2.45) is 13.0 Å². The number of carbonyl (C=O) groups excluding carboxylic acids is 1. The van der Waals surface area contributed by atoms with Crippen molar-refractivity contribution < 1.29 is 35.9 Å². The van der Waals surface area contributed by atoms with E-state index in [4.69, 9.17) is 28.2 Å². The number of ketones is 1. The highest BCUT2D eigenvalue weighted by Gasteiger charge is 2.66. The van der Waals surface area contributed by atoms with Crippen molar-refractivity contribution >= 4 is 49.7 Å². The van der Waals surface area contributed by atoms with Gasteiger partial charge in [-0.2, -0.15) is 19.0 Å². The fourth-order valence-corrected chi connectivity index (χ4v) is 8.62. The first-order valence-electron chi connectivity index (χ1n) is 16.9. The summed E-state index contributed by atoms with van der Waals surface area (Å²) < 4.78 is 86.1. The Morgan fingerprint density at radius 3 is 2.43 bits per heavy atom. The van der Waals surface area contributed by atoms with Crippen molar-refractivity contribution in [3.05, 3.63) is 98.2 Å². The Morgan fingerprint density at radius 2 is 1.78 bits per heavy atom. The first-order chi connectivity index (χ1) is 25.2. The van der Waals surface area contributed by atoms with Crippen molar-refractivity contribution in [2.75, 3.05) is 6.26 Å². The molecule has 7 rings (SSSR count). The predicted molar refractivity (Wildman–Crippen MR) is 195 cm³/mol. The lowest BCUT2D eigenvalue weighted by atomic mass is 9.86. The van der Waals surface area contributed by atoms with E-state index in [1.807, 2.05) is 0 Å². The lowest BCUT2D eigenvalue weighted by Crippen LogP contribution is -2.20. The van der Waals surface area contributed by atoms with E-state index >= 15 is 0 Å². The molecule has 16 heteroatoms. The largest absolute Gasteiger partial charge is 0.378 e. The average molecular weight is 803 g/mol. The second-order valence-corrected chi connectivity index (χ2v) is 17.5. The standard InChI is InChI=1S/C38H33Cl2F4N5O4S/c1-37(2,51)10-9-23-5-6-25(26-7-8-29(39)32-30(18-54(4,52)53)46-48(3)34(26)32)33(45-23)20(11-19-12-21(41)15-22(42)13-19)14-24(50)17-49-36(40)31-27-16-28(27)38(43,44)35(31)47-49/h5-8,12-13,15,20,27-28,51H,11,14,16-18H2,1-4H3/t20-,27+,28-/m1/s1. The lowest BCUT2D eigenvalue weighted by Gasteiger charge is -2.21. The van der Waals surface area contributed by atoms with Crippen LogP contribution in [0.25, 0.3) is 22.0 Å². The van der Waals surface area contributed by atoms with Crippen LogP contribution in [0.4, 0.5) is 17.6 Å². The van der Waals surface area contributed by atoms with Crippen LogP contribution in [0.2, 0.25) is 10.2 Å². The van der Waals surface area contributed by atoms with E-state index in [-0.39, 0.29) is 63.4 Å². The monoisotopic (exact) mass is 801 g/mol. The van der Waals surface area contributed by atoms with E-state index in [9.17, 15) is 35.9 Å². The fraction of sp³-hybridized carbons (Fsp3) is 0.368. The van der Waals surface area contributed by atoms with E-state index in [0.29, 0.717) is 22.0 Å². The molecule has 0 saturated heterocycles. The number of aliphatic hydroxyl groups is 1. The molecule has 1 fully saturated rings. The van der Waals surface area contributed by atoms with E-state index < -0.39 is 68.8 Å². The SMILES string of the molecule is Cn1nc(CS(C)(=O)=O)c2c(Cl)ccc(-c3ccc(C#CC(C)(C)O)nc3[C@@H](CC(=O)Cn3nc4c(c3Cl)[C@H]3C[C@H]3C4(F)F)Cc3cc(F)cc(F)c3)c21. The van der Waals surface area contributed by atoms with Crippen molar-refractivity contribution in [3.63, 3.8) is 0 Å². The molecule has 54 heavy (non-hydrogen) atoms. The van der Waals surface area contributed by atoms with Crippen LogP contribution in [0, 0.1) is 29.4 Å². The zero-order valence-electron chi connectivity index (χ0n) is 29.4. The molecule has 2 aliphatic rings. The highest BCUT2D eigenvalue weighted by molar-refractivity contribution is 7.89. The molecule has 9 nitrogen and oxygen atoms in total. The van der Waals surface area contributed by atoms with Crippen LogP contribution in [0.15, 0.2) is 42.5 Å². The molecule has 0 bridgehead atoms. The minimum Gasteiger partial charge on any atom is -0.378 e. The van der Waals surface area contributed by atoms with Gasteiger partial charge >= 0.3 is 0 Å². The number of carbonyl (C=O) groups is 1. The third-order valence-electron chi connectivity index (χ3n) is 9.58. The quantitative estimate of drug-likeness (QED) is 0.117. The van der Waals surface area contributed by atoms with Gasteiger partial charge in [0.1, 0.15) is 40.3 Å². The number of Topliss-reactive ketones (excluding diaryl/α,β-unsaturated/α-hetero) is 1. The van der Waals surface area contributed by atoms with Crippen LogP contribution in [0.1, 0.15) is 72.4 Å². The molecule has 282 valence electrons. The van der Waals surface area contributed by atoms with Gasteiger partial charge in [-0.3, -0.25) is 9.48 Å². The van der Waals surface area contributed by atoms with Crippen LogP contribution in [-0.2, 0) is 46.3 Å². The summed E-state index contributed by atoms with van der Waals surface area (Å²) >= 11 is 13.2. The normalized spacial score (nSPS) is 17.9. The molecule has 3 atom stereocenters. The number of hydrogen-bond acceptors (Lipinski definition) is 7. The van der Waals surface area contributed by atoms with Gasteiger partial charge in [-0.1, -0.05) is 35.2 Å². The summed E-state index contributed by atoms with van der Waals surface area (Å²) in [6, 6.07) is 9.56. The highest BCUT2D eigenvalue weighted by atomic mass is 35.5. The van der Waals surface area contributed by atoms with Gasteiger partial charge in [-0.25, -0.2) is 26.9 Å². The molecular weight excluding hydrogens is 769 g/mol. The van der Waals surface area contributed by atoms with Crippen molar-refractivity contribution in [3.8, 4) is 23.0 Å². The Hall–Kier alpha value is -4.29. The van der Waals surface area contributed by atoms with Crippen molar-refractivity contribution in [1.29, 1.82) is 0 Å². The first kappa shape index (κ1) is 38.0. The van der Waals surface area contributed by atoms with Gasteiger partial charge in [0.25, 0.3) is 5.92 Å². The third-order valence-corrected chi connectivity index (χ3v) is 11.1. The van der Waals surface area contributed by atoms with Gasteiger partial charge in [-0.05, 0) is 74.4 Å². The zero-order chi connectivity index (χ0) is 39.1. The van der Waals surface area contributed by atoms with Crippen LogP contribution in [0.5, 0.6) is 0 Å². The van der Waals surface area contributed by atoms with Crippen LogP contribution in [0.3, 0.4) is 0 Å². The topological polar surface area (TPSA) is 120 Å². The van der Waals surface area contributed by atoms with E-state index in [1.54, 1.807) is 31.3 Å². The number of fused-ring (bicyclic) bond motifs is 4. The number of aryl methyl sites for hydroxylation is 1. The van der Waals surface area contributed by atoms with Gasteiger partial charge in [0.15, 0.2) is 15.6 Å². The molecule has 1 saturated carbocycles. The van der Waals surface area contributed by atoms with Gasteiger partial charge in [0.2, 0.25) is 0 Å². The Bertz CT molecular complexity index is 2530. The summed E-state index contributed by atoms with van der Waals surface area (Å²) in [5.41, 5.74) is 0.761. The van der Waals surface area contributed by atoms with Gasteiger partial charge in [0.05, 0.1) is 27.7 Å². The average Bonchev–Trinajstić information content (AvgIpc) is 3.63. The second-order valence-electron chi connectivity index (χ2n) is 14.6. The minimum atomic E-state index is -3.53. The molecular formula is C38H33Cl2F4N5O4S. The molecule has 0 unspecified atom stereocenters. The Morgan fingerprint density at radius 1 is 1.09 bits per heavy atom. The number of rotatable bonds is 10. The Labute approximate surface area is 318 Å². The number of halogens is 6. The summed E-state index contributed by atoms with van der Waals surface area (Å²) in [6.07, 6.45) is 0.966. The lowest BCUT2D eigenvalue weighted by molar-refractivity contribution is -0.120. The van der Waals surface area contributed by atoms with Gasteiger partial charge in [0, 0.05) is 59.7 Å². The molecule has 0 amide bonds. The molecule has 3 aromatic heterocycles. The number of benzene rings is 2. The maximum absolute atomic E-state index is 14.9. The van der Waals surface area contributed by atoms with Crippen LogP contribution >= 0.6 is 23.2 Å². The van der Waals surface area contributed by atoms with Crippen LogP contribution in [-0.4, -0.2) is 55.7 Å². The summed E-state index contributed by atoms with van der Waals surface area (Å²) in [7, 11) is -1.90. The van der Waals surface area contributed by atoms with Gasteiger partial charge in [-0.15, -0.1) is 0 Å². The summed E-state index contributed by atoms with van der Waals surface area (Å²) in [5, 5.41) is 19.4. The molecule has 2 aliphatic carbocycles. The number of alkyl halides is 2. The summed E-state index contributed by atoms with van der Waals surface area (Å²) in [5.74, 6) is -2.29. The molecule has 3 heterocycles. The molecule has 1 N–H and O–H groups in total. The van der Waals surface area contributed by atoms with E-state index in [0.717, 1.165) is 29.1 Å². The molecule has 0 spiro atoms. The second kappa shape index (κ2) is 13.5.